The van der Waals surface area contributed by atoms with Gasteiger partial charge in [0.15, 0.2) is 0 Å². The molecule has 0 saturated heterocycles. The van der Waals surface area contributed by atoms with Gasteiger partial charge in [0.1, 0.15) is 23.1 Å². The van der Waals surface area contributed by atoms with Gasteiger partial charge in [-0.25, -0.2) is 9.97 Å². The number of carbonyl (C=O) groups excluding carboxylic acids is 1. The minimum absolute atomic E-state index is 0.292. The Labute approximate surface area is 135 Å². The van der Waals surface area contributed by atoms with Crippen LogP contribution in [0.1, 0.15) is 16.3 Å². The van der Waals surface area contributed by atoms with Crippen molar-refractivity contribution in [1.82, 2.24) is 9.97 Å². The molecule has 2 rings (SSSR count). The van der Waals surface area contributed by atoms with Gasteiger partial charge in [-0.05, 0) is 19.1 Å². The average Bonchev–Trinajstić information content (AvgIpc) is 2.55. The van der Waals surface area contributed by atoms with E-state index in [1.165, 1.54) is 0 Å². The van der Waals surface area contributed by atoms with Gasteiger partial charge in [0.25, 0.3) is 5.91 Å². The van der Waals surface area contributed by atoms with Crippen LogP contribution in [0.3, 0.4) is 0 Å². The highest BCUT2D eigenvalue weighted by atomic mass is 16.5. The number of nitrogens with one attached hydrogen (secondary N) is 2. The monoisotopic (exact) mass is 316 g/mol. The molecule has 0 aliphatic carbocycles. The molecule has 0 aliphatic heterocycles. The molecule has 0 unspecified atom stereocenters. The van der Waals surface area contributed by atoms with Crippen LogP contribution in [0.15, 0.2) is 30.3 Å². The molecule has 0 bridgehead atoms. The number of nitrogens with zero attached hydrogens (tertiary/aromatic N) is 2. The number of hydrogen-bond acceptors (Lipinski definition) is 6. The van der Waals surface area contributed by atoms with Crippen LogP contribution >= 0.6 is 0 Å². The van der Waals surface area contributed by atoms with Crippen molar-refractivity contribution in [3.05, 3.63) is 41.9 Å². The third-order valence-electron chi connectivity index (χ3n) is 3.01. The molecular weight excluding hydrogens is 296 g/mol. The summed E-state index contributed by atoms with van der Waals surface area (Å²) in [6.45, 7) is 2.89. The first-order chi connectivity index (χ1) is 11.1. The lowest BCUT2D eigenvalue weighted by Crippen LogP contribution is -2.16. The number of amides is 1. The minimum Gasteiger partial charge on any atom is -0.497 e. The molecule has 1 aromatic heterocycles. The lowest BCUT2D eigenvalue weighted by molar-refractivity contribution is 0.102. The topological polar surface area (TPSA) is 85.4 Å². The maximum Gasteiger partial charge on any atom is 0.274 e. The molecule has 23 heavy (non-hydrogen) atoms. The maximum absolute atomic E-state index is 12.4. The largest absolute Gasteiger partial charge is 0.497 e. The van der Waals surface area contributed by atoms with Crippen LogP contribution in [0.5, 0.6) is 5.75 Å². The van der Waals surface area contributed by atoms with E-state index in [0.717, 1.165) is 0 Å². The van der Waals surface area contributed by atoms with Crippen LogP contribution in [-0.4, -0.2) is 43.2 Å². The van der Waals surface area contributed by atoms with E-state index >= 15 is 0 Å². The second-order valence-electron chi connectivity index (χ2n) is 4.79. The summed E-state index contributed by atoms with van der Waals surface area (Å²) in [5, 5.41) is 5.88. The van der Waals surface area contributed by atoms with Gasteiger partial charge in [0.2, 0.25) is 0 Å². The highest BCUT2D eigenvalue weighted by molar-refractivity contribution is 6.03. The fourth-order valence-corrected chi connectivity index (χ4v) is 1.95. The van der Waals surface area contributed by atoms with E-state index < -0.39 is 0 Å². The number of aromatic nitrogens is 2. The molecule has 1 amide bonds. The lowest BCUT2D eigenvalue weighted by Gasteiger charge is -2.09. The van der Waals surface area contributed by atoms with Gasteiger partial charge in [-0.2, -0.15) is 0 Å². The van der Waals surface area contributed by atoms with Crippen molar-refractivity contribution in [2.24, 2.45) is 0 Å². The van der Waals surface area contributed by atoms with E-state index in [0.29, 0.717) is 41.9 Å². The molecule has 0 radical (unpaired) electrons. The first-order valence-electron chi connectivity index (χ1n) is 7.16. The van der Waals surface area contributed by atoms with Crippen molar-refractivity contribution in [3.63, 3.8) is 0 Å². The summed E-state index contributed by atoms with van der Waals surface area (Å²) in [4.78, 5) is 20.8. The highest BCUT2D eigenvalue weighted by Gasteiger charge is 2.11. The van der Waals surface area contributed by atoms with Crippen LogP contribution in [0.2, 0.25) is 0 Å². The Kier molecular flexibility index (Phi) is 5.87. The Morgan fingerprint density at radius 2 is 2.04 bits per heavy atom. The standard InChI is InChI=1S/C16H20N4O3/c1-11-18-14(10-15(19-11)17-7-8-22-2)16(21)20-12-5-4-6-13(9-12)23-3/h4-6,9-10H,7-8H2,1-3H3,(H,20,21)(H,17,18,19). The van der Waals surface area contributed by atoms with Crippen LogP contribution in [0.4, 0.5) is 11.5 Å². The van der Waals surface area contributed by atoms with Crippen molar-refractivity contribution in [2.75, 3.05) is 38.0 Å². The first kappa shape index (κ1) is 16.7. The second-order valence-corrected chi connectivity index (χ2v) is 4.79. The third kappa shape index (κ3) is 4.93. The average molecular weight is 316 g/mol. The Hall–Kier alpha value is -2.67. The number of methoxy groups -OCH3 is 2. The first-order valence-corrected chi connectivity index (χ1v) is 7.16. The fourth-order valence-electron chi connectivity index (χ4n) is 1.95. The number of hydrogen-bond donors (Lipinski definition) is 2. The molecule has 0 aliphatic rings. The predicted molar refractivity (Wildman–Crippen MR) is 88.1 cm³/mol. The maximum atomic E-state index is 12.4. The molecular formula is C16H20N4O3. The van der Waals surface area contributed by atoms with Crippen LogP contribution in [0.25, 0.3) is 0 Å². The Morgan fingerprint density at radius 3 is 2.78 bits per heavy atom. The summed E-state index contributed by atoms with van der Waals surface area (Å²) in [6.07, 6.45) is 0. The summed E-state index contributed by atoms with van der Waals surface area (Å²) >= 11 is 0. The zero-order valence-electron chi connectivity index (χ0n) is 13.4. The van der Waals surface area contributed by atoms with Crippen LogP contribution in [0, 0.1) is 6.92 Å². The Balaban J connectivity index is 2.11. The number of anilines is 2. The van der Waals surface area contributed by atoms with E-state index in [2.05, 4.69) is 20.6 Å². The molecule has 1 heterocycles. The number of aryl methyl sites for hydroxylation is 1. The normalized spacial score (nSPS) is 10.2. The van der Waals surface area contributed by atoms with Crippen LogP contribution in [-0.2, 0) is 4.74 Å². The molecule has 0 saturated carbocycles. The zero-order valence-corrected chi connectivity index (χ0v) is 13.4. The van der Waals surface area contributed by atoms with Gasteiger partial charge >= 0.3 is 0 Å². The highest BCUT2D eigenvalue weighted by Crippen LogP contribution is 2.17. The summed E-state index contributed by atoms with van der Waals surface area (Å²) in [5.41, 5.74) is 0.930. The van der Waals surface area contributed by atoms with Gasteiger partial charge in [0, 0.05) is 31.5 Å². The molecule has 122 valence electrons. The quantitative estimate of drug-likeness (QED) is 0.761. The lowest BCUT2D eigenvalue weighted by atomic mass is 10.2. The molecule has 1 aromatic carbocycles. The summed E-state index contributed by atoms with van der Waals surface area (Å²) in [7, 11) is 3.20. The van der Waals surface area contributed by atoms with Gasteiger partial charge in [0.05, 0.1) is 13.7 Å². The van der Waals surface area contributed by atoms with Gasteiger partial charge in [-0.1, -0.05) is 6.07 Å². The van der Waals surface area contributed by atoms with E-state index in [1.54, 1.807) is 45.4 Å². The number of carbonyl (C=O) groups is 1. The van der Waals surface area contributed by atoms with Gasteiger partial charge in [-0.3, -0.25) is 4.79 Å². The fraction of sp³-hybridized carbons (Fsp3) is 0.312. The second kappa shape index (κ2) is 8.09. The van der Waals surface area contributed by atoms with E-state index in [-0.39, 0.29) is 5.91 Å². The van der Waals surface area contributed by atoms with Gasteiger partial charge < -0.3 is 20.1 Å². The number of rotatable bonds is 7. The molecule has 2 aromatic rings. The molecule has 2 N–H and O–H groups in total. The van der Waals surface area contributed by atoms with Gasteiger partial charge in [-0.15, -0.1) is 0 Å². The van der Waals surface area contributed by atoms with Crippen molar-refractivity contribution in [1.29, 1.82) is 0 Å². The summed E-state index contributed by atoms with van der Waals surface area (Å²) < 4.78 is 10.1. The zero-order chi connectivity index (χ0) is 16.7. The van der Waals surface area contributed by atoms with Crippen molar-refractivity contribution < 1.29 is 14.3 Å². The van der Waals surface area contributed by atoms with Crippen molar-refractivity contribution in [3.8, 4) is 5.75 Å². The molecule has 0 fully saturated rings. The van der Waals surface area contributed by atoms with Crippen molar-refractivity contribution in [2.45, 2.75) is 6.92 Å². The Morgan fingerprint density at radius 1 is 1.22 bits per heavy atom. The van der Waals surface area contributed by atoms with Crippen molar-refractivity contribution >= 4 is 17.4 Å². The minimum atomic E-state index is -0.307. The molecule has 0 spiro atoms. The summed E-state index contributed by atoms with van der Waals surface area (Å²) in [5.74, 6) is 1.47. The SMILES string of the molecule is COCCNc1cc(C(=O)Nc2cccc(OC)c2)nc(C)n1. The molecule has 7 heteroatoms. The molecule has 7 nitrogen and oxygen atoms in total. The third-order valence-corrected chi connectivity index (χ3v) is 3.01. The Bertz CT molecular complexity index is 676. The molecule has 0 atom stereocenters. The smallest absolute Gasteiger partial charge is 0.274 e. The van der Waals surface area contributed by atoms with E-state index in [1.807, 2.05) is 6.07 Å². The number of benzene rings is 1. The van der Waals surface area contributed by atoms with E-state index in [9.17, 15) is 4.79 Å². The van der Waals surface area contributed by atoms with Crippen LogP contribution < -0.4 is 15.4 Å². The number of ether oxygens (including phenoxy) is 2. The summed E-state index contributed by atoms with van der Waals surface area (Å²) in [6, 6.07) is 8.74. The van der Waals surface area contributed by atoms with E-state index in [4.69, 9.17) is 9.47 Å². The predicted octanol–water partition coefficient (Wildman–Crippen LogP) is 2.10.